The lowest BCUT2D eigenvalue weighted by Gasteiger charge is -2.12. The summed E-state index contributed by atoms with van der Waals surface area (Å²) in [6.45, 7) is 2.39. The summed E-state index contributed by atoms with van der Waals surface area (Å²) in [4.78, 5) is 10.5. The van der Waals surface area contributed by atoms with Crippen molar-refractivity contribution in [2.75, 3.05) is 19.8 Å². The highest BCUT2D eigenvalue weighted by Gasteiger charge is 2.25. The third kappa shape index (κ3) is 6.70. The quantitative estimate of drug-likeness (QED) is 0.396. The second-order valence-corrected chi connectivity index (χ2v) is 4.46. The topological polar surface area (TPSA) is 99.5 Å². The minimum Gasteiger partial charge on any atom is -0.478 e. The Hall–Kier alpha value is -0.950. The fourth-order valence-corrected chi connectivity index (χ4v) is 1.38. The van der Waals surface area contributed by atoms with E-state index in [1.807, 2.05) is 0 Å². The number of ether oxygens (including phenoxy) is 2. The molecule has 1 aliphatic heterocycles. The molecule has 1 heterocycles. The number of hydrogen-bond acceptors (Lipinski definition) is 5. The summed E-state index contributed by atoms with van der Waals surface area (Å²) in [6, 6.07) is 0. The maximum atomic E-state index is 10.5. The van der Waals surface area contributed by atoms with Crippen LogP contribution in [-0.2, 0) is 14.3 Å². The zero-order valence-electron chi connectivity index (χ0n) is 10.4. The van der Waals surface area contributed by atoms with Crippen molar-refractivity contribution in [2.45, 2.75) is 38.1 Å². The number of rotatable bonds is 9. The number of aliphatic carboxylic acids is 1. The molecule has 0 bridgehead atoms. The Morgan fingerprint density at radius 1 is 1.44 bits per heavy atom. The van der Waals surface area contributed by atoms with E-state index in [9.17, 15) is 15.0 Å². The molecule has 3 unspecified atom stereocenters. The highest BCUT2D eigenvalue weighted by Crippen LogP contribution is 2.15. The van der Waals surface area contributed by atoms with E-state index in [2.05, 4.69) is 0 Å². The first-order valence-corrected chi connectivity index (χ1v) is 5.94. The van der Waals surface area contributed by atoms with Crippen molar-refractivity contribution in [1.29, 1.82) is 0 Å². The molecule has 104 valence electrons. The maximum Gasteiger partial charge on any atom is 0.330 e. The highest BCUT2D eigenvalue weighted by atomic mass is 16.6. The van der Waals surface area contributed by atoms with E-state index < -0.39 is 18.2 Å². The Morgan fingerprint density at radius 3 is 2.61 bits per heavy atom. The highest BCUT2D eigenvalue weighted by molar-refractivity contribution is 5.85. The van der Waals surface area contributed by atoms with Crippen LogP contribution in [0.15, 0.2) is 11.6 Å². The summed E-state index contributed by atoms with van der Waals surface area (Å²) in [5.74, 6) is -0.997. The van der Waals surface area contributed by atoms with Crippen molar-refractivity contribution in [2.24, 2.45) is 0 Å². The van der Waals surface area contributed by atoms with E-state index in [0.29, 0.717) is 13.0 Å². The normalized spacial score (nSPS) is 22.6. The standard InChI is InChI=1S/C12H20O6/c1-8(12(15)16)2-3-9(13)5-17-6-10(14)4-11-7-18-11/h2,9-11,13-14H,3-7H2,1H3,(H,15,16). The minimum atomic E-state index is -0.997. The molecule has 0 amide bonds. The van der Waals surface area contributed by atoms with E-state index in [-0.39, 0.29) is 31.3 Å². The average molecular weight is 260 g/mol. The van der Waals surface area contributed by atoms with Gasteiger partial charge in [0.2, 0.25) is 0 Å². The van der Waals surface area contributed by atoms with Crippen molar-refractivity contribution in [3.05, 3.63) is 11.6 Å². The van der Waals surface area contributed by atoms with Gasteiger partial charge in [-0.05, 0) is 13.3 Å². The van der Waals surface area contributed by atoms with Gasteiger partial charge in [-0.15, -0.1) is 0 Å². The Bertz CT molecular complexity index is 297. The van der Waals surface area contributed by atoms with Crippen LogP contribution < -0.4 is 0 Å². The predicted molar refractivity (Wildman–Crippen MR) is 63.2 cm³/mol. The van der Waals surface area contributed by atoms with Gasteiger partial charge < -0.3 is 24.8 Å². The third-order valence-electron chi connectivity index (χ3n) is 2.59. The van der Waals surface area contributed by atoms with Crippen LogP contribution >= 0.6 is 0 Å². The molecule has 1 aliphatic rings. The lowest BCUT2D eigenvalue weighted by molar-refractivity contribution is -0.132. The number of aliphatic hydroxyl groups excluding tert-OH is 2. The van der Waals surface area contributed by atoms with Crippen LogP contribution in [0.4, 0.5) is 0 Å². The molecular formula is C12H20O6. The summed E-state index contributed by atoms with van der Waals surface area (Å²) in [5, 5.41) is 27.6. The van der Waals surface area contributed by atoms with Crippen molar-refractivity contribution in [1.82, 2.24) is 0 Å². The number of hydrogen-bond donors (Lipinski definition) is 3. The van der Waals surface area contributed by atoms with Gasteiger partial charge in [-0.3, -0.25) is 0 Å². The van der Waals surface area contributed by atoms with Gasteiger partial charge in [0, 0.05) is 12.0 Å². The molecule has 3 atom stereocenters. The molecule has 0 aliphatic carbocycles. The van der Waals surface area contributed by atoms with E-state index in [1.165, 1.54) is 13.0 Å². The monoisotopic (exact) mass is 260 g/mol. The molecule has 0 aromatic carbocycles. The van der Waals surface area contributed by atoms with Crippen LogP contribution in [0.25, 0.3) is 0 Å². The van der Waals surface area contributed by atoms with Gasteiger partial charge in [-0.25, -0.2) is 4.79 Å². The van der Waals surface area contributed by atoms with Crippen molar-refractivity contribution in [3.8, 4) is 0 Å². The Morgan fingerprint density at radius 2 is 2.06 bits per heavy atom. The van der Waals surface area contributed by atoms with Gasteiger partial charge >= 0.3 is 5.97 Å². The number of aliphatic hydroxyl groups is 2. The SMILES string of the molecule is CC(=CCC(O)COCC(O)CC1CO1)C(=O)O. The second kappa shape index (κ2) is 7.48. The molecule has 0 aromatic rings. The van der Waals surface area contributed by atoms with Gasteiger partial charge in [-0.1, -0.05) is 6.08 Å². The molecule has 1 fully saturated rings. The summed E-state index contributed by atoms with van der Waals surface area (Å²) in [6.07, 6.45) is 1.03. The van der Waals surface area contributed by atoms with Gasteiger partial charge in [0.1, 0.15) is 0 Å². The molecule has 1 rings (SSSR count). The van der Waals surface area contributed by atoms with Gasteiger partial charge in [0.05, 0.1) is 38.1 Å². The lowest BCUT2D eigenvalue weighted by Crippen LogP contribution is -2.22. The third-order valence-corrected chi connectivity index (χ3v) is 2.59. The van der Waals surface area contributed by atoms with Gasteiger partial charge in [0.25, 0.3) is 0 Å². The summed E-state index contributed by atoms with van der Waals surface area (Å²) >= 11 is 0. The Balaban J connectivity index is 2.06. The molecule has 3 N–H and O–H groups in total. The van der Waals surface area contributed by atoms with E-state index in [4.69, 9.17) is 14.6 Å². The van der Waals surface area contributed by atoms with Gasteiger partial charge in [-0.2, -0.15) is 0 Å². The molecule has 18 heavy (non-hydrogen) atoms. The van der Waals surface area contributed by atoms with Crippen molar-refractivity contribution in [3.63, 3.8) is 0 Å². The largest absolute Gasteiger partial charge is 0.478 e. The van der Waals surface area contributed by atoms with Crippen LogP contribution in [-0.4, -0.2) is 59.4 Å². The zero-order valence-corrected chi connectivity index (χ0v) is 10.4. The summed E-state index contributed by atoms with van der Waals surface area (Å²) < 4.78 is 10.1. The first-order chi connectivity index (χ1) is 8.49. The zero-order chi connectivity index (χ0) is 13.5. The maximum absolute atomic E-state index is 10.5. The molecule has 0 radical (unpaired) electrons. The Labute approximate surface area is 106 Å². The molecule has 1 saturated heterocycles. The smallest absolute Gasteiger partial charge is 0.330 e. The van der Waals surface area contributed by atoms with Crippen LogP contribution in [0.5, 0.6) is 0 Å². The molecular weight excluding hydrogens is 240 g/mol. The molecule has 0 saturated carbocycles. The number of carbonyl (C=O) groups is 1. The lowest BCUT2D eigenvalue weighted by atomic mass is 10.2. The van der Waals surface area contributed by atoms with Crippen LogP contribution in [0, 0.1) is 0 Å². The van der Waals surface area contributed by atoms with E-state index in [1.54, 1.807) is 0 Å². The Kier molecular flexibility index (Phi) is 6.28. The van der Waals surface area contributed by atoms with Crippen molar-refractivity contribution >= 4 is 5.97 Å². The molecule has 0 spiro atoms. The average Bonchev–Trinajstić information content (AvgIpc) is 3.09. The first kappa shape index (κ1) is 15.1. The van der Waals surface area contributed by atoms with E-state index in [0.717, 1.165) is 0 Å². The fraction of sp³-hybridized carbons (Fsp3) is 0.750. The van der Waals surface area contributed by atoms with Gasteiger partial charge in [0.15, 0.2) is 0 Å². The predicted octanol–water partition coefficient (Wildman–Crippen LogP) is -0.0653. The fourth-order valence-electron chi connectivity index (χ4n) is 1.38. The van der Waals surface area contributed by atoms with E-state index >= 15 is 0 Å². The molecule has 0 aromatic heterocycles. The number of carboxylic acid groups (broad SMARTS) is 1. The molecule has 6 nitrogen and oxygen atoms in total. The summed E-state index contributed by atoms with van der Waals surface area (Å²) in [7, 11) is 0. The second-order valence-electron chi connectivity index (χ2n) is 4.46. The van der Waals surface area contributed by atoms with Crippen LogP contribution in [0.1, 0.15) is 19.8 Å². The first-order valence-electron chi connectivity index (χ1n) is 5.94. The number of carboxylic acids is 1. The number of epoxide rings is 1. The van der Waals surface area contributed by atoms with Crippen LogP contribution in [0.3, 0.4) is 0 Å². The molecule has 6 heteroatoms. The van der Waals surface area contributed by atoms with Crippen molar-refractivity contribution < 1.29 is 29.6 Å². The van der Waals surface area contributed by atoms with Crippen LogP contribution in [0.2, 0.25) is 0 Å². The summed E-state index contributed by atoms with van der Waals surface area (Å²) in [5.41, 5.74) is 0.194. The minimum absolute atomic E-state index is 0.0754.